The van der Waals surface area contributed by atoms with Gasteiger partial charge in [-0.2, -0.15) is 0 Å². The molecule has 22 heavy (non-hydrogen) atoms. The molecule has 1 aromatic carbocycles. The molecular weight excluding hydrogens is 290 g/mol. The molecule has 8 nitrogen and oxygen atoms in total. The highest BCUT2D eigenvalue weighted by Crippen LogP contribution is 2.23. The summed E-state index contributed by atoms with van der Waals surface area (Å²) in [5.74, 6) is -2.41. The summed E-state index contributed by atoms with van der Waals surface area (Å²) in [6.07, 6.45) is 0. The Labute approximate surface area is 125 Å². The molecule has 114 valence electrons. The Kier molecular flexibility index (Phi) is 3.38. The molecule has 0 saturated carbocycles. The number of fused-ring (bicyclic) bond motifs is 1. The number of carbonyl (C=O) groups excluding carboxylic acids is 3. The number of hydrogen-bond acceptors (Lipinski definition) is 5. The molecule has 0 aromatic heterocycles. The second kappa shape index (κ2) is 5.23. The van der Waals surface area contributed by atoms with Gasteiger partial charge < -0.3 is 10.4 Å². The van der Waals surface area contributed by atoms with Crippen LogP contribution in [0.4, 0.5) is 0 Å². The van der Waals surface area contributed by atoms with Gasteiger partial charge in [-0.05, 0) is 12.1 Å². The van der Waals surface area contributed by atoms with Gasteiger partial charge in [0, 0.05) is 6.54 Å². The second-order valence-corrected chi connectivity index (χ2v) is 5.13. The van der Waals surface area contributed by atoms with Crippen LogP contribution < -0.4 is 5.32 Å². The monoisotopic (exact) mass is 303 g/mol. The maximum absolute atomic E-state index is 12.3. The average Bonchev–Trinajstić information content (AvgIpc) is 2.73. The Morgan fingerprint density at radius 2 is 1.77 bits per heavy atom. The van der Waals surface area contributed by atoms with Gasteiger partial charge >= 0.3 is 5.97 Å². The number of nitrogens with one attached hydrogen (secondary N) is 1. The third-order valence-electron chi connectivity index (χ3n) is 3.77. The Morgan fingerprint density at radius 1 is 1.18 bits per heavy atom. The Morgan fingerprint density at radius 3 is 2.32 bits per heavy atom. The smallest absolute Gasteiger partial charge is 0.322 e. The van der Waals surface area contributed by atoms with Gasteiger partial charge in [-0.1, -0.05) is 12.1 Å². The largest absolute Gasteiger partial charge is 0.480 e. The number of nitrogens with zero attached hydrogens (tertiary/aromatic N) is 2. The van der Waals surface area contributed by atoms with Crippen molar-refractivity contribution in [2.75, 3.05) is 19.8 Å². The van der Waals surface area contributed by atoms with Gasteiger partial charge in [0.25, 0.3) is 11.8 Å². The molecule has 0 spiro atoms. The van der Waals surface area contributed by atoms with Crippen LogP contribution in [-0.2, 0) is 9.59 Å². The molecule has 0 radical (unpaired) electrons. The lowest BCUT2D eigenvalue weighted by Crippen LogP contribution is -2.60. The van der Waals surface area contributed by atoms with Crippen LogP contribution >= 0.6 is 0 Å². The first-order valence-electron chi connectivity index (χ1n) is 6.68. The van der Waals surface area contributed by atoms with Crippen LogP contribution in [0.1, 0.15) is 20.7 Å². The van der Waals surface area contributed by atoms with Gasteiger partial charge in [0.05, 0.1) is 24.3 Å². The molecule has 0 aliphatic carbocycles. The Hall–Kier alpha value is -2.74. The van der Waals surface area contributed by atoms with Gasteiger partial charge in [0.1, 0.15) is 6.04 Å². The zero-order valence-corrected chi connectivity index (χ0v) is 11.5. The van der Waals surface area contributed by atoms with Gasteiger partial charge in [-0.3, -0.25) is 29.0 Å². The molecule has 0 bridgehead atoms. The van der Waals surface area contributed by atoms with E-state index in [0.717, 1.165) is 4.90 Å². The third-order valence-corrected chi connectivity index (χ3v) is 3.77. The molecule has 2 aliphatic heterocycles. The van der Waals surface area contributed by atoms with Crippen LogP contribution in [0.15, 0.2) is 24.3 Å². The number of carboxylic acid groups (broad SMARTS) is 1. The normalized spacial score (nSPS) is 21.7. The van der Waals surface area contributed by atoms with Crippen LogP contribution in [-0.4, -0.2) is 64.4 Å². The molecule has 2 aliphatic rings. The minimum atomic E-state index is -1.11. The van der Waals surface area contributed by atoms with Crippen molar-refractivity contribution < 1.29 is 24.3 Å². The third kappa shape index (κ3) is 2.23. The number of carboxylic acids is 1. The van der Waals surface area contributed by atoms with Crippen molar-refractivity contribution in [3.8, 4) is 0 Å². The first-order valence-corrected chi connectivity index (χ1v) is 6.68. The average molecular weight is 303 g/mol. The molecule has 1 unspecified atom stereocenters. The number of rotatable bonds is 3. The molecule has 3 amide bonds. The fourth-order valence-corrected chi connectivity index (χ4v) is 2.63. The molecule has 3 rings (SSSR count). The number of imide groups is 1. The van der Waals surface area contributed by atoms with E-state index in [1.165, 1.54) is 4.90 Å². The van der Waals surface area contributed by atoms with E-state index in [9.17, 15) is 24.3 Å². The maximum Gasteiger partial charge on any atom is 0.322 e. The van der Waals surface area contributed by atoms with Crippen molar-refractivity contribution in [3.63, 3.8) is 0 Å². The molecule has 2 N–H and O–H groups in total. The zero-order chi connectivity index (χ0) is 15.9. The Balaban J connectivity index is 1.84. The highest BCUT2D eigenvalue weighted by molar-refractivity contribution is 6.21. The Bertz CT molecular complexity index is 652. The van der Waals surface area contributed by atoms with Crippen molar-refractivity contribution in [3.05, 3.63) is 35.4 Å². The van der Waals surface area contributed by atoms with Crippen molar-refractivity contribution in [2.24, 2.45) is 0 Å². The summed E-state index contributed by atoms with van der Waals surface area (Å²) in [5.41, 5.74) is 0.585. The molecule has 1 saturated heterocycles. The van der Waals surface area contributed by atoms with E-state index in [1.807, 2.05) is 0 Å². The van der Waals surface area contributed by atoms with Crippen molar-refractivity contribution in [2.45, 2.75) is 6.04 Å². The highest BCUT2D eigenvalue weighted by Gasteiger charge is 2.40. The maximum atomic E-state index is 12.3. The topological polar surface area (TPSA) is 107 Å². The summed E-state index contributed by atoms with van der Waals surface area (Å²) in [6.45, 7) is -0.460. The van der Waals surface area contributed by atoms with E-state index in [1.54, 1.807) is 24.3 Å². The fraction of sp³-hybridized carbons (Fsp3) is 0.286. The van der Waals surface area contributed by atoms with Gasteiger partial charge in [0.2, 0.25) is 5.91 Å². The van der Waals surface area contributed by atoms with E-state index in [4.69, 9.17) is 0 Å². The quantitative estimate of drug-likeness (QED) is 0.703. The first kappa shape index (κ1) is 14.2. The number of carbonyl (C=O) groups is 4. The van der Waals surface area contributed by atoms with Crippen LogP contribution in [0.25, 0.3) is 0 Å². The van der Waals surface area contributed by atoms with Crippen LogP contribution in [0.3, 0.4) is 0 Å². The standard InChI is InChI=1S/C14H13N3O5/c18-11-6-16(10(5-15-11)14(21)22)7-17-12(19)8-3-1-2-4-9(8)13(17)20/h1-4,10H,5-7H2,(H,15,18)(H,21,22). The second-order valence-electron chi connectivity index (χ2n) is 5.13. The summed E-state index contributed by atoms with van der Waals surface area (Å²) in [4.78, 5) is 49.5. The van der Waals surface area contributed by atoms with E-state index in [2.05, 4.69) is 5.32 Å². The predicted octanol–water partition coefficient (Wildman–Crippen LogP) is -0.875. The number of aliphatic carboxylic acids is 1. The van der Waals surface area contributed by atoms with Crippen molar-refractivity contribution >= 4 is 23.7 Å². The first-order chi connectivity index (χ1) is 10.5. The number of amides is 3. The molecule has 1 fully saturated rings. The fourth-order valence-electron chi connectivity index (χ4n) is 2.63. The van der Waals surface area contributed by atoms with E-state index >= 15 is 0 Å². The molecule has 1 aromatic rings. The number of benzene rings is 1. The van der Waals surface area contributed by atoms with Gasteiger partial charge in [0.15, 0.2) is 0 Å². The number of hydrogen-bond donors (Lipinski definition) is 2. The lowest BCUT2D eigenvalue weighted by molar-refractivity contribution is -0.146. The molecule has 2 heterocycles. The summed E-state index contributed by atoms with van der Waals surface area (Å²) in [5, 5.41) is 11.7. The minimum absolute atomic E-state index is 0.0582. The SMILES string of the molecule is O=C1CN(CN2C(=O)c3ccccc3C2=O)C(C(=O)O)CN1. The molecular formula is C14H13N3O5. The van der Waals surface area contributed by atoms with Crippen LogP contribution in [0, 0.1) is 0 Å². The summed E-state index contributed by atoms with van der Waals surface area (Å²) in [6, 6.07) is 5.44. The van der Waals surface area contributed by atoms with Gasteiger partial charge in [-0.15, -0.1) is 0 Å². The summed E-state index contributed by atoms with van der Waals surface area (Å²) in [7, 11) is 0. The zero-order valence-electron chi connectivity index (χ0n) is 11.5. The molecule has 1 atom stereocenters. The van der Waals surface area contributed by atoms with Crippen molar-refractivity contribution in [1.29, 1.82) is 0 Å². The molecule has 8 heteroatoms. The lowest BCUT2D eigenvalue weighted by atomic mass is 10.1. The minimum Gasteiger partial charge on any atom is -0.480 e. The van der Waals surface area contributed by atoms with Gasteiger partial charge in [-0.25, -0.2) is 0 Å². The van der Waals surface area contributed by atoms with Crippen LogP contribution in [0.5, 0.6) is 0 Å². The summed E-state index contributed by atoms with van der Waals surface area (Å²) < 4.78 is 0. The van der Waals surface area contributed by atoms with E-state index in [0.29, 0.717) is 11.1 Å². The predicted molar refractivity (Wildman–Crippen MR) is 72.9 cm³/mol. The number of piperazine rings is 1. The lowest BCUT2D eigenvalue weighted by Gasteiger charge is -2.34. The van der Waals surface area contributed by atoms with Crippen molar-refractivity contribution in [1.82, 2.24) is 15.1 Å². The highest BCUT2D eigenvalue weighted by atomic mass is 16.4. The van der Waals surface area contributed by atoms with E-state index < -0.39 is 23.8 Å². The summed E-state index contributed by atoms with van der Waals surface area (Å²) >= 11 is 0. The van der Waals surface area contributed by atoms with E-state index in [-0.39, 0.29) is 25.7 Å². The van der Waals surface area contributed by atoms with Crippen LogP contribution in [0.2, 0.25) is 0 Å².